The molecule has 1 fully saturated rings. The molecule has 1 heterocycles. The number of nitrogens with zero attached hydrogens (tertiary/aromatic N) is 2. The Bertz CT molecular complexity index is 1410. The number of rotatable bonds is 18. The lowest BCUT2D eigenvalue weighted by Gasteiger charge is -2.37. The van der Waals surface area contributed by atoms with Gasteiger partial charge in [-0.15, -0.1) is 0 Å². The van der Waals surface area contributed by atoms with Gasteiger partial charge >= 0.3 is 5.97 Å². The molecule has 0 bridgehead atoms. The van der Waals surface area contributed by atoms with Crippen molar-refractivity contribution >= 4 is 35.4 Å². The molecule has 3 rings (SSSR count). The van der Waals surface area contributed by atoms with Crippen LogP contribution in [0.1, 0.15) is 115 Å². The minimum absolute atomic E-state index is 0.00502. The van der Waals surface area contributed by atoms with Crippen LogP contribution in [0.2, 0.25) is 0 Å². The number of nitrogens with one attached hydrogen (secondary N) is 2. The van der Waals surface area contributed by atoms with Gasteiger partial charge in [-0.3, -0.25) is 19.3 Å². The maximum atomic E-state index is 13.4. The van der Waals surface area contributed by atoms with Crippen LogP contribution in [0, 0.1) is 27.7 Å². The fraction of sp³-hybridized carbons (Fsp3) is 0.579. The van der Waals surface area contributed by atoms with Crippen molar-refractivity contribution in [3.8, 4) is 0 Å². The number of benzene rings is 2. The third-order valence-corrected chi connectivity index (χ3v) is 10.1. The number of carbonyl (C=O) groups is 4. The quantitative estimate of drug-likeness (QED) is 0.0905. The number of anilines is 2. The first kappa shape index (κ1) is 37.9. The van der Waals surface area contributed by atoms with E-state index in [-0.39, 0.29) is 23.4 Å². The summed E-state index contributed by atoms with van der Waals surface area (Å²) in [5, 5.41) is 15.7. The van der Waals surface area contributed by atoms with Gasteiger partial charge in [0.05, 0.1) is 31.2 Å². The standard InChI is InChI=1S/C38H56N4O5/c1-7-23-42(8-2,25-34(44)39-35-27(3)17-19-31(26-43)29(35)5)24-15-11-9-10-13-21-41-22-14-12-16-33(41)37(45)40-36-28(4)18-20-32(30(36)6)38(46)47/h17-20,26,33H,7-16,21-25H2,1-6H3,(H2-,39,40,44,45,46,47)/p+1/t33-,42?/m1/s1. The second-order valence-electron chi connectivity index (χ2n) is 13.4. The smallest absolute Gasteiger partial charge is 0.336 e. The number of aryl methyl sites for hydroxylation is 2. The largest absolute Gasteiger partial charge is 0.478 e. The Balaban J connectivity index is 1.48. The number of carboxylic acids is 1. The molecule has 47 heavy (non-hydrogen) atoms. The molecule has 1 aliphatic heterocycles. The minimum atomic E-state index is -0.990. The van der Waals surface area contributed by atoms with Crippen molar-refractivity contribution in [1.29, 1.82) is 0 Å². The highest BCUT2D eigenvalue weighted by Crippen LogP contribution is 2.27. The van der Waals surface area contributed by atoms with E-state index >= 15 is 0 Å². The fourth-order valence-electron chi connectivity index (χ4n) is 7.16. The van der Waals surface area contributed by atoms with Crippen molar-refractivity contribution < 1.29 is 28.8 Å². The van der Waals surface area contributed by atoms with E-state index in [0.29, 0.717) is 23.4 Å². The summed E-state index contributed by atoms with van der Waals surface area (Å²) in [6, 6.07) is 6.82. The van der Waals surface area contributed by atoms with Gasteiger partial charge in [0.15, 0.2) is 6.54 Å². The van der Waals surface area contributed by atoms with Gasteiger partial charge in [-0.2, -0.15) is 0 Å². The van der Waals surface area contributed by atoms with Crippen molar-refractivity contribution in [2.75, 3.05) is 49.9 Å². The van der Waals surface area contributed by atoms with E-state index in [2.05, 4.69) is 29.4 Å². The highest BCUT2D eigenvalue weighted by Gasteiger charge is 2.30. The molecule has 2 aromatic carbocycles. The summed E-state index contributed by atoms with van der Waals surface area (Å²) in [4.78, 5) is 52.0. The maximum absolute atomic E-state index is 13.4. The normalized spacial score (nSPS) is 16.3. The van der Waals surface area contributed by atoms with Gasteiger partial charge in [-0.1, -0.05) is 44.4 Å². The van der Waals surface area contributed by atoms with Gasteiger partial charge in [-0.25, -0.2) is 4.79 Å². The van der Waals surface area contributed by atoms with Gasteiger partial charge < -0.3 is 20.2 Å². The molecule has 2 amide bonds. The Labute approximate surface area is 281 Å². The number of likely N-dealkylation sites (N-methyl/N-ethyl adjacent to an activating group) is 1. The first-order chi connectivity index (χ1) is 22.5. The molecule has 258 valence electrons. The summed E-state index contributed by atoms with van der Waals surface area (Å²) < 4.78 is 0.757. The van der Waals surface area contributed by atoms with Crippen LogP contribution in [-0.2, 0) is 9.59 Å². The van der Waals surface area contributed by atoms with E-state index in [1.807, 2.05) is 26.8 Å². The number of carboxylic acid groups (broad SMARTS) is 1. The first-order valence-electron chi connectivity index (χ1n) is 17.6. The predicted octanol–water partition coefficient (Wildman–Crippen LogP) is 7.06. The third-order valence-electron chi connectivity index (χ3n) is 10.1. The molecule has 2 aromatic rings. The van der Waals surface area contributed by atoms with E-state index < -0.39 is 5.97 Å². The molecule has 2 atom stereocenters. The number of hydrogen-bond donors (Lipinski definition) is 3. The van der Waals surface area contributed by atoms with Crippen molar-refractivity contribution in [2.24, 2.45) is 0 Å². The van der Waals surface area contributed by atoms with Gasteiger partial charge in [0.25, 0.3) is 5.91 Å². The zero-order chi connectivity index (χ0) is 34.6. The molecule has 0 aromatic heterocycles. The number of unbranched alkanes of at least 4 members (excludes halogenated alkanes) is 4. The summed E-state index contributed by atoms with van der Waals surface area (Å²) in [6.45, 7) is 16.8. The summed E-state index contributed by atoms with van der Waals surface area (Å²) >= 11 is 0. The number of hydrogen-bond acceptors (Lipinski definition) is 5. The summed E-state index contributed by atoms with van der Waals surface area (Å²) in [5.41, 5.74) is 5.39. The van der Waals surface area contributed by atoms with E-state index in [9.17, 15) is 24.3 Å². The molecule has 1 unspecified atom stereocenters. The van der Waals surface area contributed by atoms with Crippen LogP contribution in [0.3, 0.4) is 0 Å². The first-order valence-corrected chi connectivity index (χ1v) is 17.6. The number of quaternary nitrogens is 1. The Morgan fingerprint density at radius 3 is 2.19 bits per heavy atom. The number of piperidine rings is 1. The zero-order valence-electron chi connectivity index (χ0n) is 29.5. The molecule has 0 spiro atoms. The number of amides is 2. The molecule has 0 radical (unpaired) electrons. The number of likely N-dealkylation sites (tertiary alicyclic amines) is 1. The third kappa shape index (κ3) is 10.2. The highest BCUT2D eigenvalue weighted by molar-refractivity contribution is 5.99. The predicted molar refractivity (Wildman–Crippen MR) is 189 cm³/mol. The SMILES string of the molecule is CCC[N+](CC)(CCCCCCCN1CCCC[C@@H]1C(=O)Nc1c(C)ccc(C(=O)O)c1C)CC(=O)Nc1c(C)ccc(C=O)c1C. The molecule has 3 N–H and O–H groups in total. The van der Waals surface area contributed by atoms with Crippen LogP contribution in [0.5, 0.6) is 0 Å². The fourth-order valence-corrected chi connectivity index (χ4v) is 7.16. The molecule has 9 heteroatoms. The van der Waals surface area contributed by atoms with Crippen LogP contribution in [0.15, 0.2) is 24.3 Å². The topological polar surface area (TPSA) is 116 Å². The van der Waals surface area contributed by atoms with E-state index in [0.717, 1.165) is 124 Å². The second-order valence-corrected chi connectivity index (χ2v) is 13.4. The Hall–Kier alpha value is -3.56. The molecule has 0 saturated carbocycles. The van der Waals surface area contributed by atoms with Crippen molar-refractivity contribution in [3.63, 3.8) is 0 Å². The number of aldehydes is 1. The lowest BCUT2D eigenvalue weighted by Crippen LogP contribution is -2.53. The van der Waals surface area contributed by atoms with Gasteiger partial charge in [0.2, 0.25) is 5.91 Å². The summed E-state index contributed by atoms with van der Waals surface area (Å²) in [7, 11) is 0. The molecule has 9 nitrogen and oxygen atoms in total. The Kier molecular flexibility index (Phi) is 14.6. The lowest BCUT2D eigenvalue weighted by atomic mass is 9.99. The van der Waals surface area contributed by atoms with Crippen LogP contribution in [0.4, 0.5) is 11.4 Å². The maximum Gasteiger partial charge on any atom is 0.336 e. The van der Waals surface area contributed by atoms with E-state index in [4.69, 9.17) is 0 Å². The summed E-state index contributed by atoms with van der Waals surface area (Å²) in [6.07, 6.45) is 10.2. The Morgan fingerprint density at radius 2 is 1.53 bits per heavy atom. The van der Waals surface area contributed by atoms with Crippen molar-refractivity contribution in [2.45, 2.75) is 105 Å². The zero-order valence-corrected chi connectivity index (χ0v) is 29.5. The van der Waals surface area contributed by atoms with Gasteiger partial charge in [0.1, 0.15) is 6.29 Å². The average Bonchev–Trinajstić information content (AvgIpc) is 3.04. The van der Waals surface area contributed by atoms with Crippen LogP contribution < -0.4 is 10.6 Å². The number of aromatic carboxylic acids is 1. The van der Waals surface area contributed by atoms with E-state index in [1.54, 1.807) is 25.1 Å². The van der Waals surface area contributed by atoms with Crippen LogP contribution in [-0.4, -0.2) is 83.9 Å². The highest BCUT2D eigenvalue weighted by atomic mass is 16.4. The Morgan fingerprint density at radius 1 is 0.872 bits per heavy atom. The molecular weight excluding hydrogens is 592 g/mol. The molecule has 1 aliphatic rings. The monoisotopic (exact) mass is 649 g/mol. The van der Waals surface area contributed by atoms with Gasteiger partial charge in [0, 0.05) is 16.9 Å². The van der Waals surface area contributed by atoms with E-state index in [1.165, 1.54) is 0 Å². The van der Waals surface area contributed by atoms with Gasteiger partial charge in [-0.05, 0) is 115 Å². The van der Waals surface area contributed by atoms with Crippen LogP contribution in [0.25, 0.3) is 0 Å². The minimum Gasteiger partial charge on any atom is -0.478 e. The van der Waals surface area contributed by atoms with Crippen molar-refractivity contribution in [1.82, 2.24) is 4.90 Å². The lowest BCUT2D eigenvalue weighted by molar-refractivity contribution is -0.919. The average molecular weight is 650 g/mol. The second kappa shape index (κ2) is 18.1. The molecule has 0 aliphatic carbocycles. The van der Waals surface area contributed by atoms with Crippen molar-refractivity contribution in [3.05, 3.63) is 57.6 Å². The summed E-state index contributed by atoms with van der Waals surface area (Å²) in [5.74, 6) is -1.04. The molecular formula is C38H57N4O5+. The number of carbonyl (C=O) groups excluding carboxylic acids is 3. The van der Waals surface area contributed by atoms with Crippen LogP contribution >= 0.6 is 0 Å². The molecule has 1 saturated heterocycles.